The first-order chi connectivity index (χ1) is 3.35. The zero-order chi connectivity index (χ0) is 5.70. The molecule has 0 fully saturated rings. The molecule has 0 aromatic carbocycles. The highest BCUT2D eigenvalue weighted by Crippen LogP contribution is 1.75. The van der Waals surface area contributed by atoms with E-state index in [0.29, 0.717) is 0 Å². The first-order valence-electron chi connectivity index (χ1n) is 2.77. The van der Waals surface area contributed by atoms with Crippen LogP contribution in [0.5, 0.6) is 0 Å². The first-order valence-corrected chi connectivity index (χ1v) is 4.22. The van der Waals surface area contributed by atoms with E-state index in [-0.39, 0.29) is 9.84 Å². The Hall–Kier alpha value is 0.137. The molecule has 0 spiro atoms. The summed E-state index contributed by atoms with van der Waals surface area (Å²) in [6.07, 6.45) is 0. The van der Waals surface area contributed by atoms with E-state index in [1.54, 1.807) is 0 Å². The molecule has 2 N–H and O–H groups in total. The summed E-state index contributed by atoms with van der Waals surface area (Å²) in [4.78, 5) is 0. The average Bonchev–Trinajstić information content (AvgIpc) is 1.72. The van der Waals surface area contributed by atoms with Crippen molar-refractivity contribution in [3.63, 3.8) is 0 Å². The molecule has 0 aliphatic rings. The normalized spacial score (nSPS) is 12.0. The second kappa shape index (κ2) is 4.30. The van der Waals surface area contributed by atoms with Gasteiger partial charge in [-0.25, -0.2) is 0 Å². The monoisotopic (exact) mass is 118 g/mol. The molecule has 3 heteroatoms. The maximum Gasteiger partial charge on any atom is 0.167 e. The molecule has 0 aromatic heterocycles. The van der Waals surface area contributed by atoms with Gasteiger partial charge in [0.05, 0.1) is 0 Å². The fourth-order valence-electron chi connectivity index (χ4n) is 0.482. The van der Waals surface area contributed by atoms with Crippen LogP contribution in [-0.2, 0) is 0 Å². The van der Waals surface area contributed by atoms with Crippen LogP contribution in [0.3, 0.4) is 0 Å². The van der Waals surface area contributed by atoms with Crippen LogP contribution in [0, 0.1) is 0 Å². The lowest BCUT2D eigenvalue weighted by Crippen LogP contribution is -2.33. The highest BCUT2D eigenvalue weighted by molar-refractivity contribution is 6.27. The maximum absolute atomic E-state index is 5.46. The number of nitrogens with zero attached hydrogens (tertiary/aromatic N) is 1. The average molecular weight is 118 g/mol. The van der Waals surface area contributed by atoms with Gasteiger partial charge >= 0.3 is 0 Å². The Kier molecular flexibility index (Phi) is 4.38. The van der Waals surface area contributed by atoms with Crippen molar-refractivity contribution >= 4 is 9.84 Å². The molecule has 0 bridgehead atoms. The second-order valence-corrected chi connectivity index (χ2v) is 2.75. The van der Waals surface area contributed by atoms with Gasteiger partial charge in [-0.05, 0) is 13.1 Å². The topological polar surface area (TPSA) is 29.3 Å². The van der Waals surface area contributed by atoms with Crippen molar-refractivity contribution in [2.24, 2.45) is 5.40 Å². The van der Waals surface area contributed by atoms with Crippen LogP contribution in [0.2, 0.25) is 0 Å². The van der Waals surface area contributed by atoms with Crippen LogP contribution in [0.25, 0.3) is 0 Å². The molecule has 0 radical (unpaired) electrons. The molecule has 7 heavy (non-hydrogen) atoms. The Balaban J connectivity index is 2.99. The molecular weight excluding hydrogens is 104 g/mol. The molecule has 0 saturated heterocycles. The van der Waals surface area contributed by atoms with Gasteiger partial charge < -0.3 is 9.96 Å². The van der Waals surface area contributed by atoms with Gasteiger partial charge in [0.15, 0.2) is 9.84 Å². The number of hydrogen-bond donors (Lipinski definition) is 1. The van der Waals surface area contributed by atoms with E-state index in [1.165, 1.54) is 0 Å². The Morgan fingerprint density at radius 3 is 1.86 bits per heavy atom. The van der Waals surface area contributed by atoms with Gasteiger partial charge in [-0.2, -0.15) is 0 Å². The Labute approximate surface area is 47.7 Å². The Bertz CT molecular complexity index is 31.2. The van der Waals surface area contributed by atoms with E-state index in [4.69, 9.17) is 5.40 Å². The van der Waals surface area contributed by atoms with Gasteiger partial charge in [-0.3, -0.25) is 0 Å². The lowest BCUT2D eigenvalue weighted by Gasteiger charge is -2.12. The van der Waals surface area contributed by atoms with Crippen LogP contribution in [-0.4, -0.2) is 27.5 Å². The maximum atomic E-state index is 5.46. The van der Waals surface area contributed by atoms with Crippen molar-refractivity contribution in [1.82, 2.24) is 4.57 Å². The van der Waals surface area contributed by atoms with Crippen LogP contribution in [0.4, 0.5) is 0 Å². The minimum absolute atomic E-state index is 0.339. The van der Waals surface area contributed by atoms with E-state index >= 15 is 0 Å². The molecule has 0 saturated carbocycles. The zero-order valence-corrected chi connectivity index (χ0v) is 6.56. The largest absolute Gasteiger partial charge is 0.344 e. The molecular formula is C4H14N2Si. The van der Waals surface area contributed by atoms with Gasteiger partial charge in [0.2, 0.25) is 0 Å². The minimum Gasteiger partial charge on any atom is -0.344 e. The Morgan fingerprint density at radius 1 is 1.43 bits per heavy atom. The van der Waals surface area contributed by atoms with Gasteiger partial charge in [0.25, 0.3) is 0 Å². The first kappa shape index (κ1) is 7.14. The molecule has 0 aliphatic carbocycles. The smallest absolute Gasteiger partial charge is 0.167 e. The zero-order valence-electron chi connectivity index (χ0n) is 5.15. The molecule has 0 atom stereocenters. The highest BCUT2D eigenvalue weighted by atomic mass is 28.2. The summed E-state index contributed by atoms with van der Waals surface area (Å²) in [6, 6.07) is 0. The van der Waals surface area contributed by atoms with Crippen LogP contribution < -0.4 is 5.40 Å². The van der Waals surface area contributed by atoms with Crippen LogP contribution >= 0.6 is 0 Å². The van der Waals surface area contributed by atoms with Crippen LogP contribution in [0.15, 0.2) is 0 Å². The number of hydrogen-bond acceptors (Lipinski definition) is 2. The highest BCUT2D eigenvalue weighted by Gasteiger charge is 1.90. The standard InChI is InChI=1S/C4H14N2Si/c1-3-6(4-2)7-5/h3-5,7H2,1-2H3. The fourth-order valence-corrected chi connectivity index (χ4v) is 0.998. The number of nitrogens with two attached hydrogens (primary N) is 1. The SMILES string of the molecule is CCN(CC)[SiH2]N. The summed E-state index contributed by atoms with van der Waals surface area (Å²) in [7, 11) is -0.339. The molecule has 0 aliphatic heterocycles. The number of rotatable bonds is 3. The molecule has 0 rings (SSSR count). The lowest BCUT2D eigenvalue weighted by molar-refractivity contribution is 0.493. The molecule has 2 nitrogen and oxygen atoms in total. The van der Waals surface area contributed by atoms with Crippen molar-refractivity contribution in [2.75, 3.05) is 13.1 Å². The van der Waals surface area contributed by atoms with Crippen LogP contribution in [0.1, 0.15) is 13.8 Å². The second-order valence-electron chi connectivity index (χ2n) is 1.49. The lowest BCUT2D eigenvalue weighted by atomic mass is 10.7. The van der Waals surface area contributed by atoms with Crippen molar-refractivity contribution in [1.29, 1.82) is 0 Å². The van der Waals surface area contributed by atoms with E-state index < -0.39 is 0 Å². The van der Waals surface area contributed by atoms with Crippen molar-refractivity contribution in [2.45, 2.75) is 13.8 Å². The quantitative estimate of drug-likeness (QED) is 0.496. The molecule has 0 amide bonds. The minimum atomic E-state index is -0.339. The molecule has 0 aromatic rings. The summed E-state index contributed by atoms with van der Waals surface area (Å²) in [5, 5.41) is 5.46. The summed E-state index contributed by atoms with van der Waals surface area (Å²) < 4.78 is 2.29. The van der Waals surface area contributed by atoms with E-state index in [2.05, 4.69) is 18.4 Å². The van der Waals surface area contributed by atoms with Gasteiger partial charge in [0, 0.05) is 0 Å². The van der Waals surface area contributed by atoms with Crippen molar-refractivity contribution in [3.05, 3.63) is 0 Å². The van der Waals surface area contributed by atoms with E-state index in [1.807, 2.05) is 0 Å². The predicted molar refractivity (Wildman–Crippen MR) is 35.7 cm³/mol. The molecule has 0 unspecified atom stereocenters. The fraction of sp³-hybridized carbons (Fsp3) is 1.00. The summed E-state index contributed by atoms with van der Waals surface area (Å²) in [5.41, 5.74) is 0. The third kappa shape index (κ3) is 2.79. The molecule has 44 valence electrons. The third-order valence-corrected chi connectivity index (χ3v) is 2.56. The predicted octanol–water partition coefficient (Wildman–Crippen LogP) is -0.714. The van der Waals surface area contributed by atoms with Crippen molar-refractivity contribution in [3.8, 4) is 0 Å². The van der Waals surface area contributed by atoms with Gasteiger partial charge in [-0.15, -0.1) is 0 Å². The summed E-state index contributed by atoms with van der Waals surface area (Å²) >= 11 is 0. The van der Waals surface area contributed by atoms with Gasteiger partial charge in [0.1, 0.15) is 0 Å². The van der Waals surface area contributed by atoms with Gasteiger partial charge in [-0.1, -0.05) is 13.8 Å². The summed E-state index contributed by atoms with van der Waals surface area (Å²) in [6.45, 7) is 6.53. The van der Waals surface area contributed by atoms with Crippen molar-refractivity contribution < 1.29 is 0 Å². The van der Waals surface area contributed by atoms with E-state index in [9.17, 15) is 0 Å². The van der Waals surface area contributed by atoms with E-state index in [0.717, 1.165) is 13.1 Å². The third-order valence-electron chi connectivity index (χ3n) is 1.15. The Morgan fingerprint density at radius 2 is 1.86 bits per heavy atom. The molecule has 0 heterocycles. The summed E-state index contributed by atoms with van der Waals surface area (Å²) in [5.74, 6) is 0.